The summed E-state index contributed by atoms with van der Waals surface area (Å²) in [5.41, 5.74) is 0.239. The normalized spacial score (nSPS) is 29.3. The molecule has 0 aromatic heterocycles. The molecule has 1 aliphatic carbocycles. The van der Waals surface area contributed by atoms with E-state index in [9.17, 15) is 8.42 Å². The molecule has 0 radical (unpaired) electrons. The maximum absolute atomic E-state index is 12.8. The van der Waals surface area contributed by atoms with Crippen LogP contribution in [-0.4, -0.2) is 32.5 Å². The number of nitrogens with one attached hydrogen (secondary N) is 1. The second-order valence-electron chi connectivity index (χ2n) is 7.63. The lowest BCUT2D eigenvalue weighted by Crippen LogP contribution is -2.50. The van der Waals surface area contributed by atoms with Gasteiger partial charge in [-0.2, -0.15) is 0 Å². The van der Waals surface area contributed by atoms with E-state index < -0.39 is 9.84 Å². The van der Waals surface area contributed by atoms with Gasteiger partial charge in [0, 0.05) is 6.04 Å². The van der Waals surface area contributed by atoms with Gasteiger partial charge < -0.3 is 5.32 Å². The van der Waals surface area contributed by atoms with E-state index in [1.165, 1.54) is 0 Å². The lowest BCUT2D eigenvalue weighted by Gasteiger charge is -2.43. The molecule has 1 aliphatic rings. The van der Waals surface area contributed by atoms with E-state index in [1.807, 2.05) is 14.0 Å². The first-order valence-electron chi connectivity index (χ1n) is 8.56. The van der Waals surface area contributed by atoms with E-state index in [0.717, 1.165) is 32.1 Å². The van der Waals surface area contributed by atoms with Crippen LogP contribution in [0.15, 0.2) is 0 Å². The molecule has 1 fully saturated rings. The number of hydrogen-bond acceptors (Lipinski definition) is 3. The van der Waals surface area contributed by atoms with Gasteiger partial charge in [-0.25, -0.2) is 8.42 Å². The molecule has 0 heterocycles. The molecule has 3 nitrogen and oxygen atoms in total. The molecule has 1 saturated carbocycles. The second-order valence-corrected chi connectivity index (χ2v) is 9.89. The fourth-order valence-corrected chi connectivity index (χ4v) is 6.07. The van der Waals surface area contributed by atoms with Crippen molar-refractivity contribution in [2.45, 2.75) is 78.0 Å². The van der Waals surface area contributed by atoms with Crippen LogP contribution in [0.1, 0.15) is 66.7 Å². The topological polar surface area (TPSA) is 46.2 Å². The van der Waals surface area contributed by atoms with E-state index in [2.05, 4.69) is 33.0 Å². The van der Waals surface area contributed by atoms with Crippen LogP contribution in [0.2, 0.25) is 0 Å². The first-order valence-corrected chi connectivity index (χ1v) is 10.3. The van der Waals surface area contributed by atoms with Crippen molar-refractivity contribution in [3.63, 3.8) is 0 Å². The fourth-order valence-electron chi connectivity index (χ4n) is 3.49. The molecule has 0 bridgehead atoms. The Morgan fingerprint density at radius 3 is 2.33 bits per heavy atom. The number of sulfone groups is 1. The summed E-state index contributed by atoms with van der Waals surface area (Å²) in [6, 6.07) is 0.128. The van der Waals surface area contributed by atoms with Gasteiger partial charge in [0.1, 0.15) is 0 Å². The Labute approximate surface area is 132 Å². The summed E-state index contributed by atoms with van der Waals surface area (Å²) in [6.07, 6.45) is 4.99. The number of hydrogen-bond donors (Lipinski definition) is 1. The Morgan fingerprint density at radius 2 is 1.86 bits per heavy atom. The van der Waals surface area contributed by atoms with Crippen molar-refractivity contribution in [1.82, 2.24) is 5.32 Å². The molecule has 0 aromatic rings. The third-order valence-corrected chi connectivity index (χ3v) is 8.33. The fraction of sp³-hybridized carbons (Fsp3) is 1.00. The van der Waals surface area contributed by atoms with Gasteiger partial charge in [0.05, 0.1) is 11.0 Å². The molecule has 0 spiro atoms. The molecule has 0 saturated heterocycles. The molecule has 126 valence electrons. The Balaban J connectivity index is 2.94. The minimum absolute atomic E-state index is 0.128. The molecule has 4 atom stereocenters. The minimum Gasteiger partial charge on any atom is -0.316 e. The van der Waals surface area contributed by atoms with Crippen LogP contribution in [0.3, 0.4) is 0 Å². The predicted octanol–water partition coefficient (Wildman–Crippen LogP) is 3.64. The molecule has 4 unspecified atom stereocenters. The zero-order valence-corrected chi connectivity index (χ0v) is 15.6. The van der Waals surface area contributed by atoms with Gasteiger partial charge in [-0.05, 0) is 43.6 Å². The van der Waals surface area contributed by atoms with E-state index in [0.29, 0.717) is 11.7 Å². The Bertz CT molecular complexity index is 417. The van der Waals surface area contributed by atoms with Crippen LogP contribution in [0.25, 0.3) is 0 Å². The molecule has 0 aromatic carbocycles. The summed E-state index contributed by atoms with van der Waals surface area (Å²) in [4.78, 5) is 0. The minimum atomic E-state index is -3.02. The summed E-state index contributed by atoms with van der Waals surface area (Å²) in [6.45, 7) is 10.9. The van der Waals surface area contributed by atoms with Crippen molar-refractivity contribution in [3.8, 4) is 0 Å². The lowest BCUT2D eigenvalue weighted by molar-refractivity contribution is 0.140. The van der Waals surface area contributed by atoms with E-state index in [1.54, 1.807) is 0 Å². The van der Waals surface area contributed by atoms with E-state index in [-0.39, 0.29) is 22.6 Å². The zero-order chi connectivity index (χ0) is 16.3. The highest BCUT2D eigenvalue weighted by atomic mass is 32.2. The van der Waals surface area contributed by atoms with Crippen LogP contribution in [0.5, 0.6) is 0 Å². The smallest absolute Gasteiger partial charge is 0.154 e. The van der Waals surface area contributed by atoms with E-state index in [4.69, 9.17) is 0 Å². The monoisotopic (exact) mass is 317 g/mol. The molecule has 1 N–H and O–H groups in total. The summed E-state index contributed by atoms with van der Waals surface area (Å²) >= 11 is 0. The van der Waals surface area contributed by atoms with Crippen LogP contribution < -0.4 is 5.32 Å². The molecule has 1 rings (SSSR count). The third kappa shape index (κ3) is 4.69. The van der Waals surface area contributed by atoms with Gasteiger partial charge in [0.25, 0.3) is 0 Å². The van der Waals surface area contributed by atoms with Crippen molar-refractivity contribution in [2.75, 3.05) is 12.8 Å². The predicted molar refractivity (Wildman–Crippen MR) is 91.3 cm³/mol. The van der Waals surface area contributed by atoms with Gasteiger partial charge in [-0.1, -0.05) is 47.5 Å². The standard InChI is InChI=1S/C17H35NO2S/c1-7-13(3)12-21(19,20)16-11-14(17(4,5)8-2)9-10-15(16)18-6/h13-16,18H,7-12H2,1-6H3. The molecule has 0 aliphatic heterocycles. The van der Waals surface area contributed by atoms with Gasteiger partial charge in [-0.15, -0.1) is 0 Å². The second kappa shape index (κ2) is 7.45. The summed E-state index contributed by atoms with van der Waals surface area (Å²) in [5, 5.41) is 3.05. The highest BCUT2D eigenvalue weighted by molar-refractivity contribution is 7.92. The third-order valence-electron chi connectivity index (χ3n) is 5.85. The van der Waals surface area contributed by atoms with Gasteiger partial charge in [-0.3, -0.25) is 0 Å². The Morgan fingerprint density at radius 1 is 1.24 bits per heavy atom. The maximum Gasteiger partial charge on any atom is 0.154 e. The van der Waals surface area contributed by atoms with Crippen LogP contribution >= 0.6 is 0 Å². The molecule has 4 heteroatoms. The quantitative estimate of drug-likeness (QED) is 0.780. The largest absolute Gasteiger partial charge is 0.316 e. The first-order chi connectivity index (χ1) is 9.67. The van der Waals surface area contributed by atoms with Gasteiger partial charge in [0.15, 0.2) is 9.84 Å². The Hall–Kier alpha value is -0.0900. The lowest BCUT2D eigenvalue weighted by atomic mass is 9.68. The van der Waals surface area contributed by atoms with Crippen molar-refractivity contribution in [1.29, 1.82) is 0 Å². The van der Waals surface area contributed by atoms with E-state index >= 15 is 0 Å². The van der Waals surface area contributed by atoms with Crippen LogP contribution in [0, 0.1) is 17.3 Å². The zero-order valence-electron chi connectivity index (χ0n) is 14.8. The van der Waals surface area contributed by atoms with Crippen LogP contribution in [-0.2, 0) is 9.84 Å². The molecular weight excluding hydrogens is 282 g/mol. The Kier molecular flexibility index (Phi) is 6.73. The molecular formula is C17H35NO2S. The summed E-state index contributed by atoms with van der Waals surface area (Å²) in [7, 11) is -1.12. The summed E-state index contributed by atoms with van der Waals surface area (Å²) in [5.74, 6) is 1.11. The highest BCUT2D eigenvalue weighted by Gasteiger charge is 2.42. The van der Waals surface area contributed by atoms with Crippen molar-refractivity contribution < 1.29 is 8.42 Å². The SMILES string of the molecule is CCC(C)CS(=O)(=O)C1CC(C(C)(C)CC)CCC1NC. The molecule has 0 amide bonds. The van der Waals surface area contributed by atoms with Gasteiger partial charge >= 0.3 is 0 Å². The highest BCUT2D eigenvalue weighted by Crippen LogP contribution is 2.42. The van der Waals surface area contributed by atoms with Crippen molar-refractivity contribution in [2.24, 2.45) is 17.3 Å². The average molecular weight is 318 g/mol. The van der Waals surface area contributed by atoms with Gasteiger partial charge in [0.2, 0.25) is 0 Å². The van der Waals surface area contributed by atoms with Crippen molar-refractivity contribution in [3.05, 3.63) is 0 Å². The van der Waals surface area contributed by atoms with Crippen molar-refractivity contribution >= 4 is 9.84 Å². The van der Waals surface area contributed by atoms with Crippen LogP contribution in [0.4, 0.5) is 0 Å². The summed E-state index contributed by atoms with van der Waals surface area (Å²) < 4.78 is 25.7. The number of rotatable bonds is 7. The molecule has 21 heavy (non-hydrogen) atoms. The maximum atomic E-state index is 12.8. The average Bonchev–Trinajstić information content (AvgIpc) is 2.45. The first kappa shape index (κ1) is 19.0.